The van der Waals surface area contributed by atoms with Gasteiger partial charge >= 0.3 is 0 Å². The summed E-state index contributed by atoms with van der Waals surface area (Å²) in [6.07, 6.45) is 0. The molecule has 0 saturated heterocycles. The van der Waals surface area contributed by atoms with Crippen LogP contribution in [0, 0.1) is 6.92 Å². The number of aromatic nitrogens is 3. The first kappa shape index (κ1) is 8.93. The highest BCUT2D eigenvalue weighted by molar-refractivity contribution is 7.99. The molecular weight excluding hydrogens is 178 g/mol. The number of aryl methyl sites for hydroxylation is 1. The summed E-state index contributed by atoms with van der Waals surface area (Å²) in [5, 5.41) is 8.90. The molecule has 3 nitrogen and oxygen atoms in total. The van der Waals surface area contributed by atoms with Gasteiger partial charge < -0.3 is 4.57 Å². The van der Waals surface area contributed by atoms with E-state index in [9.17, 15) is 0 Å². The molecule has 0 amide bonds. The maximum absolute atomic E-state index is 4.11. The fourth-order valence-corrected chi connectivity index (χ4v) is 1.62. The lowest BCUT2D eigenvalue weighted by Gasteiger charge is -1.97. The fourth-order valence-electron chi connectivity index (χ4n) is 0.650. The van der Waals surface area contributed by atoms with E-state index in [2.05, 4.69) is 22.8 Å². The Bertz CT molecular complexity index is 234. The van der Waals surface area contributed by atoms with Crippen molar-refractivity contribution in [2.24, 2.45) is 7.05 Å². The topological polar surface area (TPSA) is 30.7 Å². The molecule has 0 atom stereocenters. The summed E-state index contributed by atoms with van der Waals surface area (Å²) in [5.41, 5.74) is 0. The third kappa shape index (κ3) is 2.13. The van der Waals surface area contributed by atoms with Gasteiger partial charge in [-0.1, -0.05) is 11.8 Å². The van der Waals surface area contributed by atoms with Gasteiger partial charge in [0.05, 0.1) is 0 Å². The standard InChI is InChI=1S/C6H11N3S2/c1-5-7-8-6(9(5)2)11-4-3-10/h10H,3-4H2,1-2H3. The van der Waals surface area contributed by atoms with Crippen LogP contribution in [0.5, 0.6) is 0 Å². The molecule has 1 heterocycles. The Morgan fingerprint density at radius 3 is 2.73 bits per heavy atom. The van der Waals surface area contributed by atoms with Gasteiger partial charge in [0.15, 0.2) is 5.16 Å². The van der Waals surface area contributed by atoms with E-state index in [0.717, 1.165) is 22.5 Å². The van der Waals surface area contributed by atoms with Gasteiger partial charge in [0.1, 0.15) is 5.82 Å². The molecule has 1 rings (SSSR count). The quantitative estimate of drug-likeness (QED) is 0.571. The van der Waals surface area contributed by atoms with Crippen LogP contribution in [0.15, 0.2) is 5.16 Å². The normalized spacial score (nSPS) is 10.5. The van der Waals surface area contributed by atoms with Crippen molar-refractivity contribution in [1.29, 1.82) is 0 Å². The Morgan fingerprint density at radius 2 is 2.27 bits per heavy atom. The lowest BCUT2D eigenvalue weighted by Crippen LogP contribution is -1.94. The van der Waals surface area contributed by atoms with Crippen LogP contribution in [0.25, 0.3) is 0 Å². The minimum absolute atomic E-state index is 0.872. The van der Waals surface area contributed by atoms with E-state index in [-0.39, 0.29) is 0 Å². The predicted molar refractivity (Wildman–Crippen MR) is 50.3 cm³/mol. The summed E-state index contributed by atoms with van der Waals surface area (Å²) in [4.78, 5) is 0. The number of thioether (sulfide) groups is 1. The van der Waals surface area contributed by atoms with E-state index in [0.29, 0.717) is 0 Å². The van der Waals surface area contributed by atoms with E-state index in [1.54, 1.807) is 11.8 Å². The molecule has 11 heavy (non-hydrogen) atoms. The van der Waals surface area contributed by atoms with E-state index in [1.807, 2.05) is 18.5 Å². The summed E-state index contributed by atoms with van der Waals surface area (Å²) in [6.45, 7) is 1.94. The minimum Gasteiger partial charge on any atom is -0.309 e. The SMILES string of the molecule is Cc1nnc(SCCS)n1C. The second-order valence-electron chi connectivity index (χ2n) is 2.16. The van der Waals surface area contributed by atoms with Gasteiger partial charge in [-0.15, -0.1) is 10.2 Å². The molecule has 0 unspecified atom stereocenters. The lowest BCUT2D eigenvalue weighted by molar-refractivity contribution is 0.766. The molecular formula is C6H11N3S2. The molecule has 0 aliphatic carbocycles. The van der Waals surface area contributed by atoms with Gasteiger partial charge in [0.25, 0.3) is 0 Å². The Balaban J connectivity index is 2.63. The number of nitrogens with zero attached hydrogens (tertiary/aromatic N) is 3. The van der Waals surface area contributed by atoms with E-state index >= 15 is 0 Å². The Labute approximate surface area is 76.0 Å². The highest BCUT2D eigenvalue weighted by Crippen LogP contribution is 2.14. The fraction of sp³-hybridized carbons (Fsp3) is 0.667. The third-order valence-electron chi connectivity index (χ3n) is 1.38. The van der Waals surface area contributed by atoms with Crippen LogP contribution in [0.1, 0.15) is 5.82 Å². The van der Waals surface area contributed by atoms with E-state index in [1.165, 1.54) is 0 Å². The molecule has 0 bridgehead atoms. The maximum Gasteiger partial charge on any atom is 0.190 e. The monoisotopic (exact) mass is 189 g/mol. The molecule has 0 N–H and O–H groups in total. The molecule has 0 saturated carbocycles. The first-order chi connectivity index (χ1) is 5.25. The number of hydrogen-bond donors (Lipinski definition) is 1. The molecule has 62 valence electrons. The molecule has 0 radical (unpaired) electrons. The van der Waals surface area contributed by atoms with Crippen molar-refractivity contribution in [1.82, 2.24) is 14.8 Å². The van der Waals surface area contributed by atoms with Crippen LogP contribution in [0.4, 0.5) is 0 Å². The van der Waals surface area contributed by atoms with Crippen molar-refractivity contribution in [3.8, 4) is 0 Å². The Kier molecular flexibility index (Phi) is 3.26. The summed E-state index contributed by atoms with van der Waals surface area (Å²) in [5.74, 6) is 2.80. The van der Waals surface area contributed by atoms with E-state index < -0.39 is 0 Å². The van der Waals surface area contributed by atoms with Crippen LogP contribution < -0.4 is 0 Å². The van der Waals surface area contributed by atoms with Crippen molar-refractivity contribution in [3.63, 3.8) is 0 Å². The van der Waals surface area contributed by atoms with Gasteiger partial charge in [-0.3, -0.25) is 0 Å². The molecule has 1 aromatic rings. The van der Waals surface area contributed by atoms with Crippen molar-refractivity contribution in [3.05, 3.63) is 5.82 Å². The molecule has 0 fully saturated rings. The van der Waals surface area contributed by atoms with Crippen molar-refractivity contribution in [2.45, 2.75) is 12.1 Å². The average Bonchev–Trinajstić information content (AvgIpc) is 2.31. The first-order valence-corrected chi connectivity index (χ1v) is 4.97. The summed E-state index contributed by atoms with van der Waals surface area (Å²) in [6, 6.07) is 0. The van der Waals surface area contributed by atoms with Crippen LogP contribution in [-0.2, 0) is 7.05 Å². The van der Waals surface area contributed by atoms with Crippen molar-refractivity contribution < 1.29 is 0 Å². The molecule has 5 heteroatoms. The zero-order valence-electron chi connectivity index (χ0n) is 6.61. The summed E-state index contributed by atoms with van der Waals surface area (Å²) < 4.78 is 1.98. The van der Waals surface area contributed by atoms with E-state index in [4.69, 9.17) is 0 Å². The molecule has 0 aliphatic heterocycles. The highest BCUT2D eigenvalue weighted by Gasteiger charge is 2.03. The maximum atomic E-state index is 4.11. The van der Waals surface area contributed by atoms with Crippen LogP contribution in [-0.4, -0.2) is 26.3 Å². The van der Waals surface area contributed by atoms with Crippen LogP contribution in [0.2, 0.25) is 0 Å². The Hall–Kier alpha value is -0.160. The summed E-state index contributed by atoms with van der Waals surface area (Å²) >= 11 is 5.79. The smallest absolute Gasteiger partial charge is 0.190 e. The largest absolute Gasteiger partial charge is 0.309 e. The number of rotatable bonds is 3. The van der Waals surface area contributed by atoms with Gasteiger partial charge in [0.2, 0.25) is 0 Å². The second-order valence-corrected chi connectivity index (χ2v) is 3.67. The van der Waals surface area contributed by atoms with Gasteiger partial charge in [0, 0.05) is 12.8 Å². The first-order valence-electron chi connectivity index (χ1n) is 3.35. The average molecular weight is 189 g/mol. The van der Waals surface area contributed by atoms with Crippen molar-refractivity contribution >= 4 is 24.4 Å². The minimum atomic E-state index is 0.872. The number of hydrogen-bond acceptors (Lipinski definition) is 4. The summed E-state index contributed by atoms with van der Waals surface area (Å²) in [7, 11) is 1.97. The third-order valence-corrected chi connectivity index (χ3v) is 2.92. The van der Waals surface area contributed by atoms with Crippen LogP contribution in [0.3, 0.4) is 0 Å². The Morgan fingerprint density at radius 1 is 1.55 bits per heavy atom. The zero-order valence-corrected chi connectivity index (χ0v) is 8.32. The molecule has 0 aliphatic rings. The highest BCUT2D eigenvalue weighted by atomic mass is 32.2. The lowest BCUT2D eigenvalue weighted by atomic mass is 10.7. The second kappa shape index (κ2) is 4.01. The van der Waals surface area contributed by atoms with Gasteiger partial charge in [-0.25, -0.2) is 0 Å². The molecule has 0 spiro atoms. The molecule has 1 aromatic heterocycles. The predicted octanol–water partition coefficient (Wildman–Crippen LogP) is 1.15. The molecule has 0 aromatic carbocycles. The number of thiol groups is 1. The van der Waals surface area contributed by atoms with Gasteiger partial charge in [-0.05, 0) is 12.7 Å². The zero-order chi connectivity index (χ0) is 8.27. The van der Waals surface area contributed by atoms with Crippen LogP contribution >= 0.6 is 24.4 Å². The van der Waals surface area contributed by atoms with Crippen molar-refractivity contribution in [2.75, 3.05) is 11.5 Å². The van der Waals surface area contributed by atoms with Gasteiger partial charge in [-0.2, -0.15) is 12.6 Å².